The second-order valence-electron chi connectivity index (χ2n) is 9.69. The maximum absolute atomic E-state index is 11.4. The lowest BCUT2D eigenvalue weighted by Crippen LogP contribution is -2.44. The standard InChI is InChI=1S/C25H32N2O2/c1-4-27-14-18(15(2)26-27)11-17-13-23-22-7-5-16-12-19(28)6-8-20(16)21(22)9-10-25(23,3)24(17)29/h6,8,11-12,14,21-24,28-29H,4-5,7,9-10,13H2,1-3H3/b17-11+/t21-,22+,23+,24+,25+/m0/s1. The van der Waals surface area contributed by atoms with Gasteiger partial charge >= 0.3 is 0 Å². The lowest BCUT2D eigenvalue weighted by Gasteiger charge is -2.49. The van der Waals surface area contributed by atoms with E-state index in [0.29, 0.717) is 23.5 Å². The summed E-state index contributed by atoms with van der Waals surface area (Å²) in [6.07, 6.45) is 9.33. The lowest BCUT2D eigenvalue weighted by atomic mass is 9.55. The number of rotatable bonds is 2. The third-order valence-corrected chi connectivity index (χ3v) is 8.23. The van der Waals surface area contributed by atoms with E-state index in [2.05, 4.69) is 44.2 Å². The number of phenols is 1. The fourth-order valence-electron chi connectivity index (χ4n) is 6.60. The zero-order chi connectivity index (χ0) is 20.3. The summed E-state index contributed by atoms with van der Waals surface area (Å²) in [7, 11) is 0. The van der Waals surface area contributed by atoms with Gasteiger partial charge in [-0.1, -0.05) is 13.0 Å². The van der Waals surface area contributed by atoms with Gasteiger partial charge in [-0.3, -0.25) is 4.68 Å². The van der Waals surface area contributed by atoms with Crippen molar-refractivity contribution in [3.8, 4) is 5.75 Å². The van der Waals surface area contributed by atoms with E-state index in [1.165, 1.54) is 16.7 Å². The number of aryl methyl sites for hydroxylation is 3. The van der Waals surface area contributed by atoms with Gasteiger partial charge in [-0.25, -0.2) is 0 Å². The van der Waals surface area contributed by atoms with Gasteiger partial charge in [-0.2, -0.15) is 5.10 Å². The van der Waals surface area contributed by atoms with Gasteiger partial charge in [0.15, 0.2) is 0 Å². The first-order valence-corrected chi connectivity index (χ1v) is 11.1. The SMILES string of the molecule is CCn1cc(/C=C2\C[C@@H]3[C@@H]4CCc5cc(O)ccc5[C@@H]4CC[C@@]3(C)[C@@H]2O)c(C)n1. The van der Waals surface area contributed by atoms with Gasteiger partial charge in [0.25, 0.3) is 0 Å². The molecule has 4 heteroatoms. The third-order valence-electron chi connectivity index (χ3n) is 8.23. The van der Waals surface area contributed by atoms with Crippen molar-refractivity contribution < 1.29 is 10.2 Å². The van der Waals surface area contributed by atoms with Gasteiger partial charge in [0.05, 0.1) is 11.8 Å². The van der Waals surface area contributed by atoms with Crippen LogP contribution in [0.15, 0.2) is 30.0 Å². The first-order chi connectivity index (χ1) is 13.9. The molecule has 0 bridgehead atoms. The van der Waals surface area contributed by atoms with Crippen LogP contribution in [0.2, 0.25) is 0 Å². The Labute approximate surface area is 173 Å². The minimum Gasteiger partial charge on any atom is -0.508 e. The number of fused-ring (bicyclic) bond motifs is 5. The highest BCUT2D eigenvalue weighted by atomic mass is 16.3. The molecule has 5 atom stereocenters. The van der Waals surface area contributed by atoms with Crippen molar-refractivity contribution in [1.82, 2.24) is 9.78 Å². The Balaban J connectivity index is 1.48. The Morgan fingerprint density at radius 1 is 1.31 bits per heavy atom. The second-order valence-corrected chi connectivity index (χ2v) is 9.69. The zero-order valence-corrected chi connectivity index (χ0v) is 17.7. The fourth-order valence-corrected chi connectivity index (χ4v) is 6.60. The maximum Gasteiger partial charge on any atom is 0.115 e. The molecule has 2 aromatic rings. The van der Waals surface area contributed by atoms with Gasteiger partial charge in [-0.05, 0) is 98.6 Å². The lowest BCUT2D eigenvalue weighted by molar-refractivity contribution is -0.0158. The van der Waals surface area contributed by atoms with Gasteiger partial charge in [0, 0.05) is 23.7 Å². The van der Waals surface area contributed by atoms with Crippen molar-refractivity contribution in [3.63, 3.8) is 0 Å². The van der Waals surface area contributed by atoms with Crippen LogP contribution in [-0.2, 0) is 13.0 Å². The Hall–Kier alpha value is -2.07. The summed E-state index contributed by atoms with van der Waals surface area (Å²) in [5.74, 6) is 2.08. The summed E-state index contributed by atoms with van der Waals surface area (Å²) in [6, 6.07) is 5.95. The smallest absolute Gasteiger partial charge is 0.115 e. The highest BCUT2D eigenvalue weighted by molar-refractivity contribution is 5.57. The number of nitrogens with zero attached hydrogens (tertiary/aromatic N) is 2. The molecule has 4 nitrogen and oxygen atoms in total. The molecule has 0 spiro atoms. The maximum atomic E-state index is 11.4. The number of hydrogen-bond acceptors (Lipinski definition) is 3. The molecule has 3 aliphatic rings. The minimum atomic E-state index is -0.362. The normalized spacial score (nSPS) is 34.7. The van der Waals surface area contributed by atoms with E-state index in [1.807, 2.05) is 16.8 Å². The molecule has 3 aliphatic carbocycles. The predicted molar refractivity (Wildman–Crippen MR) is 115 cm³/mol. The van der Waals surface area contributed by atoms with Crippen LogP contribution in [0.5, 0.6) is 5.75 Å². The van der Waals surface area contributed by atoms with Crippen LogP contribution in [0.3, 0.4) is 0 Å². The molecule has 154 valence electrons. The minimum absolute atomic E-state index is 0.0317. The van der Waals surface area contributed by atoms with Crippen LogP contribution >= 0.6 is 0 Å². The largest absolute Gasteiger partial charge is 0.508 e. The molecule has 29 heavy (non-hydrogen) atoms. The van der Waals surface area contributed by atoms with Crippen molar-refractivity contribution in [2.45, 2.75) is 71.4 Å². The zero-order valence-electron chi connectivity index (χ0n) is 17.7. The predicted octanol–water partition coefficient (Wildman–Crippen LogP) is 4.83. The van der Waals surface area contributed by atoms with Crippen LogP contribution in [-0.4, -0.2) is 26.1 Å². The van der Waals surface area contributed by atoms with E-state index >= 15 is 0 Å². The fraction of sp³-hybridized carbons (Fsp3) is 0.560. The van der Waals surface area contributed by atoms with E-state index in [-0.39, 0.29) is 11.5 Å². The highest BCUT2D eigenvalue weighted by Gasteiger charge is 2.56. The summed E-state index contributed by atoms with van der Waals surface area (Å²) < 4.78 is 1.97. The average Bonchev–Trinajstić information content (AvgIpc) is 3.19. The molecule has 2 saturated carbocycles. The molecule has 1 aromatic carbocycles. The summed E-state index contributed by atoms with van der Waals surface area (Å²) in [6.45, 7) is 7.34. The van der Waals surface area contributed by atoms with Crippen molar-refractivity contribution in [1.29, 1.82) is 0 Å². The molecule has 0 unspecified atom stereocenters. The number of aromatic nitrogens is 2. The molecule has 0 saturated heterocycles. The Morgan fingerprint density at radius 3 is 2.90 bits per heavy atom. The molecule has 2 N–H and O–H groups in total. The van der Waals surface area contributed by atoms with Crippen molar-refractivity contribution >= 4 is 6.08 Å². The molecular weight excluding hydrogens is 360 g/mol. The van der Waals surface area contributed by atoms with Crippen LogP contribution < -0.4 is 0 Å². The number of aliphatic hydroxyl groups is 1. The Bertz CT molecular complexity index is 975. The number of hydrogen-bond donors (Lipinski definition) is 2. The first-order valence-electron chi connectivity index (χ1n) is 11.1. The van der Waals surface area contributed by atoms with E-state index in [1.54, 1.807) is 0 Å². The average molecular weight is 393 g/mol. The Morgan fingerprint density at radius 2 is 2.14 bits per heavy atom. The highest BCUT2D eigenvalue weighted by Crippen LogP contribution is 2.62. The van der Waals surface area contributed by atoms with E-state index < -0.39 is 0 Å². The molecule has 0 aliphatic heterocycles. The van der Waals surface area contributed by atoms with E-state index in [0.717, 1.165) is 49.9 Å². The summed E-state index contributed by atoms with van der Waals surface area (Å²) >= 11 is 0. The monoisotopic (exact) mass is 392 g/mol. The molecule has 0 radical (unpaired) electrons. The number of aromatic hydroxyl groups is 1. The molecule has 0 amide bonds. The summed E-state index contributed by atoms with van der Waals surface area (Å²) in [5, 5.41) is 25.8. The second kappa shape index (κ2) is 6.73. The van der Waals surface area contributed by atoms with Crippen molar-refractivity contribution in [2.24, 2.45) is 17.3 Å². The summed E-state index contributed by atoms with van der Waals surface area (Å²) in [5.41, 5.74) is 6.10. The van der Waals surface area contributed by atoms with Crippen molar-refractivity contribution in [2.75, 3.05) is 0 Å². The molecule has 2 fully saturated rings. The topological polar surface area (TPSA) is 58.3 Å². The molecule has 5 rings (SSSR count). The quantitative estimate of drug-likeness (QED) is 0.770. The Kier molecular flexibility index (Phi) is 4.39. The van der Waals surface area contributed by atoms with E-state index in [9.17, 15) is 10.2 Å². The molecule has 1 aromatic heterocycles. The molecule has 1 heterocycles. The van der Waals surface area contributed by atoms with Crippen LogP contribution in [0.1, 0.15) is 67.8 Å². The molecular formula is C25H32N2O2. The van der Waals surface area contributed by atoms with Crippen LogP contribution in [0.25, 0.3) is 6.08 Å². The van der Waals surface area contributed by atoms with Gasteiger partial charge in [-0.15, -0.1) is 0 Å². The van der Waals surface area contributed by atoms with Gasteiger partial charge < -0.3 is 10.2 Å². The number of phenolic OH excluding ortho intramolecular Hbond substituents is 1. The van der Waals surface area contributed by atoms with E-state index in [4.69, 9.17) is 0 Å². The number of aliphatic hydroxyl groups excluding tert-OH is 1. The summed E-state index contributed by atoms with van der Waals surface area (Å²) in [4.78, 5) is 0. The first kappa shape index (κ1) is 18.9. The van der Waals surface area contributed by atoms with Crippen LogP contribution in [0.4, 0.5) is 0 Å². The van der Waals surface area contributed by atoms with Gasteiger partial charge in [0.1, 0.15) is 5.75 Å². The third kappa shape index (κ3) is 2.87. The van der Waals surface area contributed by atoms with Crippen molar-refractivity contribution in [3.05, 3.63) is 52.4 Å². The number of benzene rings is 1. The van der Waals surface area contributed by atoms with Gasteiger partial charge in [0.2, 0.25) is 0 Å². The van der Waals surface area contributed by atoms with Crippen LogP contribution in [0, 0.1) is 24.2 Å².